The molecule has 5 nitrogen and oxygen atoms in total. The molecular weight excluding hydrogens is 715 g/mol. The van der Waals surface area contributed by atoms with Crippen LogP contribution in [-0.2, 0) is 13.1 Å². The fourth-order valence-electron chi connectivity index (χ4n) is 6.38. The van der Waals surface area contributed by atoms with E-state index in [0.717, 1.165) is 88.9 Å². The van der Waals surface area contributed by atoms with Crippen LogP contribution >= 0.6 is 69.6 Å². The maximum atomic E-state index is 6.12. The maximum Gasteiger partial charge on any atom is 0.0892 e. The van der Waals surface area contributed by atoms with Crippen LogP contribution < -0.4 is 14.7 Å². The lowest BCUT2D eigenvalue weighted by atomic mass is 10.0. The predicted molar refractivity (Wildman–Crippen MR) is 208 cm³/mol. The van der Waals surface area contributed by atoms with Crippen LogP contribution in [0.1, 0.15) is 29.3 Å². The first-order valence-corrected chi connectivity index (χ1v) is 19.6. The Morgan fingerprint density at radius 1 is 0.447 bits per heavy atom. The summed E-state index contributed by atoms with van der Waals surface area (Å²) in [6.07, 6.45) is 1.22. The van der Waals surface area contributed by atoms with Crippen molar-refractivity contribution in [3.8, 4) is 0 Å². The molecule has 1 heterocycles. The molecule has 4 rings (SSSR count). The molecule has 1 fully saturated rings. The molecule has 258 valence electrons. The van der Waals surface area contributed by atoms with Crippen LogP contribution in [0, 0.1) is 0 Å². The second-order valence-corrected chi connectivity index (χ2v) is 14.0. The second kappa shape index (κ2) is 21.1. The molecule has 3 aromatic rings. The zero-order valence-electron chi connectivity index (χ0n) is 27.0. The smallest absolute Gasteiger partial charge is 0.0892 e. The van der Waals surface area contributed by atoms with E-state index in [2.05, 4.69) is 97.3 Å². The van der Waals surface area contributed by atoms with Crippen molar-refractivity contribution in [1.82, 2.24) is 9.80 Å². The van der Waals surface area contributed by atoms with Crippen LogP contribution in [0.5, 0.6) is 0 Å². The highest BCUT2D eigenvalue weighted by molar-refractivity contribution is 6.19. The number of anilines is 3. The van der Waals surface area contributed by atoms with Crippen molar-refractivity contribution in [2.24, 2.45) is 0 Å². The third-order valence-corrected chi connectivity index (χ3v) is 9.65. The van der Waals surface area contributed by atoms with Gasteiger partial charge in [-0.2, -0.15) is 0 Å². The lowest BCUT2D eigenvalue weighted by molar-refractivity contribution is -0.00907. The first-order chi connectivity index (χ1) is 23.0. The lowest BCUT2D eigenvalue weighted by Crippen LogP contribution is -2.46. The fraction of sp³-hybridized carbons (Fsp3) is 0.500. The van der Waals surface area contributed by atoms with Crippen molar-refractivity contribution in [2.45, 2.75) is 25.7 Å². The Bertz CT molecular complexity index is 1190. The highest BCUT2D eigenvalue weighted by Crippen LogP contribution is 2.34. The lowest BCUT2D eigenvalue weighted by Gasteiger charge is -2.44. The fourth-order valence-corrected chi connectivity index (χ4v) is 7.60. The van der Waals surface area contributed by atoms with Gasteiger partial charge in [0.05, 0.1) is 6.17 Å². The molecule has 0 radical (unpaired) electrons. The van der Waals surface area contributed by atoms with Gasteiger partial charge in [0, 0.05) is 118 Å². The van der Waals surface area contributed by atoms with Crippen LogP contribution in [-0.4, -0.2) is 97.4 Å². The van der Waals surface area contributed by atoms with Crippen molar-refractivity contribution in [1.29, 1.82) is 0 Å². The molecule has 1 aliphatic rings. The number of hydrogen-bond donors (Lipinski definition) is 0. The maximum absolute atomic E-state index is 6.12. The summed E-state index contributed by atoms with van der Waals surface area (Å²) >= 11 is 36.5. The van der Waals surface area contributed by atoms with E-state index in [4.69, 9.17) is 69.6 Å². The van der Waals surface area contributed by atoms with Gasteiger partial charge in [0.2, 0.25) is 0 Å². The Labute approximate surface area is 312 Å². The first-order valence-electron chi connectivity index (χ1n) is 16.4. The van der Waals surface area contributed by atoms with Gasteiger partial charge in [0.25, 0.3) is 0 Å². The monoisotopic (exact) mass is 759 g/mol. The van der Waals surface area contributed by atoms with Gasteiger partial charge in [-0.25, -0.2) is 0 Å². The molecule has 0 aliphatic carbocycles. The van der Waals surface area contributed by atoms with Gasteiger partial charge < -0.3 is 14.7 Å². The van der Waals surface area contributed by atoms with Gasteiger partial charge in [-0.15, -0.1) is 69.6 Å². The Hall–Kier alpha value is -1.28. The molecule has 0 spiro atoms. The Kier molecular flexibility index (Phi) is 17.3. The number of nitrogens with zero attached hydrogens (tertiary/aromatic N) is 5. The number of benzene rings is 3. The average Bonchev–Trinajstić information content (AvgIpc) is 3.09. The van der Waals surface area contributed by atoms with E-state index in [0.29, 0.717) is 35.3 Å². The summed E-state index contributed by atoms with van der Waals surface area (Å²) in [5.74, 6) is 3.40. The van der Waals surface area contributed by atoms with Crippen molar-refractivity contribution < 1.29 is 0 Å². The summed E-state index contributed by atoms with van der Waals surface area (Å²) in [7, 11) is 0. The summed E-state index contributed by atoms with van der Waals surface area (Å²) in [4.78, 5) is 11.9. The molecule has 11 heteroatoms. The Morgan fingerprint density at radius 2 is 0.745 bits per heavy atom. The average molecular weight is 763 g/mol. The summed E-state index contributed by atoms with van der Waals surface area (Å²) < 4.78 is 0. The third kappa shape index (κ3) is 11.4. The first kappa shape index (κ1) is 38.5. The van der Waals surface area contributed by atoms with Gasteiger partial charge in [-0.05, 0) is 59.5 Å². The van der Waals surface area contributed by atoms with E-state index in [1.165, 1.54) is 16.7 Å². The van der Waals surface area contributed by atoms with E-state index in [9.17, 15) is 0 Å². The standard InChI is InChI=1S/C36H47Cl6N5/c37-14-22-43(23-15-38)33-8-2-30(3-9-33)28-46-20-1-21-47(29-31-4-10-34(11-5-31)44(24-16-39)25-17-40)36(46)32-6-12-35(13-7-32)45(26-18-41)27-19-42/h2-13,36H,1,14-29H2. The Morgan fingerprint density at radius 3 is 1.04 bits per heavy atom. The quantitative estimate of drug-likeness (QED) is 0.107. The minimum atomic E-state index is 0.125. The van der Waals surface area contributed by atoms with Crippen LogP contribution in [0.15, 0.2) is 72.8 Å². The van der Waals surface area contributed by atoms with E-state index >= 15 is 0 Å². The molecule has 47 heavy (non-hydrogen) atoms. The number of alkyl halides is 6. The van der Waals surface area contributed by atoms with Crippen molar-refractivity contribution in [3.63, 3.8) is 0 Å². The van der Waals surface area contributed by atoms with E-state index in [-0.39, 0.29) is 6.17 Å². The van der Waals surface area contributed by atoms with E-state index in [1.54, 1.807) is 0 Å². The molecule has 0 aromatic heterocycles. The van der Waals surface area contributed by atoms with Crippen molar-refractivity contribution >= 4 is 86.7 Å². The number of rotatable bonds is 20. The van der Waals surface area contributed by atoms with E-state index < -0.39 is 0 Å². The van der Waals surface area contributed by atoms with Gasteiger partial charge in [0.15, 0.2) is 0 Å². The summed E-state index contributed by atoms with van der Waals surface area (Å²) in [6, 6.07) is 26.7. The topological polar surface area (TPSA) is 16.2 Å². The molecular formula is C36H47Cl6N5. The van der Waals surface area contributed by atoms with Gasteiger partial charge in [-0.3, -0.25) is 9.80 Å². The second-order valence-electron chi connectivity index (χ2n) is 11.7. The Balaban J connectivity index is 1.59. The van der Waals surface area contributed by atoms with Crippen LogP contribution in [0.2, 0.25) is 0 Å². The zero-order chi connectivity index (χ0) is 33.4. The van der Waals surface area contributed by atoms with Gasteiger partial charge in [-0.1, -0.05) is 36.4 Å². The largest absolute Gasteiger partial charge is 0.369 e. The predicted octanol–water partition coefficient (Wildman–Crippen LogP) is 8.95. The van der Waals surface area contributed by atoms with Crippen LogP contribution in [0.3, 0.4) is 0 Å². The minimum absolute atomic E-state index is 0.125. The van der Waals surface area contributed by atoms with Crippen molar-refractivity contribution in [3.05, 3.63) is 89.5 Å². The molecule has 0 N–H and O–H groups in total. The summed E-state index contributed by atoms with van der Waals surface area (Å²) in [6.45, 7) is 8.37. The SMILES string of the molecule is ClCCN(CCCl)c1ccc(CN2CCCN(Cc3ccc(N(CCCl)CCCl)cc3)C2c2ccc(N(CCCl)CCCl)cc2)cc1. The molecule has 1 saturated heterocycles. The van der Waals surface area contributed by atoms with Crippen molar-refractivity contribution in [2.75, 3.05) is 102 Å². The molecule has 0 unspecified atom stereocenters. The van der Waals surface area contributed by atoms with Gasteiger partial charge in [0.1, 0.15) is 0 Å². The normalized spacial score (nSPS) is 14.4. The molecule has 0 atom stereocenters. The molecule has 0 saturated carbocycles. The van der Waals surface area contributed by atoms with Crippen LogP contribution in [0.25, 0.3) is 0 Å². The molecule has 0 bridgehead atoms. The number of hydrogen-bond acceptors (Lipinski definition) is 5. The molecule has 0 amide bonds. The van der Waals surface area contributed by atoms with Gasteiger partial charge >= 0.3 is 0 Å². The highest BCUT2D eigenvalue weighted by atomic mass is 35.5. The highest BCUT2D eigenvalue weighted by Gasteiger charge is 2.31. The molecule has 1 aliphatic heterocycles. The number of halogens is 6. The summed E-state index contributed by atoms with van der Waals surface area (Å²) in [5.41, 5.74) is 7.30. The third-order valence-electron chi connectivity index (χ3n) is 8.64. The molecule has 3 aromatic carbocycles. The van der Waals surface area contributed by atoms with Crippen LogP contribution in [0.4, 0.5) is 17.1 Å². The van der Waals surface area contributed by atoms with E-state index in [1.807, 2.05) is 0 Å². The zero-order valence-corrected chi connectivity index (χ0v) is 31.6. The minimum Gasteiger partial charge on any atom is -0.369 e. The summed E-state index contributed by atoms with van der Waals surface area (Å²) in [5, 5.41) is 0.